The van der Waals surface area contributed by atoms with Crippen molar-refractivity contribution in [2.45, 2.75) is 10.8 Å². The fourth-order valence-corrected chi connectivity index (χ4v) is 1.96. The van der Waals surface area contributed by atoms with Crippen molar-refractivity contribution in [2.75, 3.05) is 0 Å². The molecule has 2 rings (SSSR count). The molecule has 0 N–H and O–H groups in total. The zero-order valence-corrected chi connectivity index (χ0v) is 7.64. The summed E-state index contributed by atoms with van der Waals surface area (Å²) >= 11 is 11.7. The Morgan fingerprint density at radius 2 is 1.75 bits per heavy atom. The Bertz CT molecular complexity index is 335. The van der Waals surface area contributed by atoms with Crippen LogP contribution >= 0.6 is 23.2 Å². The van der Waals surface area contributed by atoms with E-state index in [1.807, 2.05) is 18.2 Å². The van der Waals surface area contributed by atoms with Gasteiger partial charge in [0.05, 0.1) is 5.38 Å². The molecular weight excluding hydrogens is 195 g/mol. The number of fused-ring (bicyclic) bond motifs is 1. The molecule has 0 saturated heterocycles. The van der Waals surface area contributed by atoms with Gasteiger partial charge in [-0.25, -0.2) is 0 Å². The molecule has 12 heavy (non-hydrogen) atoms. The number of rotatable bonds is 0. The maximum absolute atomic E-state index is 11.4. The van der Waals surface area contributed by atoms with Crippen molar-refractivity contribution in [3.8, 4) is 0 Å². The Kier molecular flexibility index (Phi) is 1.85. The number of halogens is 2. The molecule has 0 heterocycles. The molecule has 0 spiro atoms. The van der Waals surface area contributed by atoms with E-state index in [1.54, 1.807) is 6.07 Å². The lowest BCUT2D eigenvalue weighted by Crippen LogP contribution is -2.08. The fourth-order valence-electron chi connectivity index (χ4n) is 1.40. The summed E-state index contributed by atoms with van der Waals surface area (Å²) in [7, 11) is 0. The standard InChI is InChI=1S/C9H6Cl2O/c10-7-5-3-1-2-4-6(5)9(12)8(7)11/h1-4,7-8H/t7-,8-/m1/s1. The quantitative estimate of drug-likeness (QED) is 0.589. The summed E-state index contributed by atoms with van der Waals surface area (Å²) < 4.78 is 0. The zero-order valence-electron chi connectivity index (χ0n) is 6.13. The van der Waals surface area contributed by atoms with Crippen molar-refractivity contribution < 1.29 is 4.79 Å². The van der Waals surface area contributed by atoms with Gasteiger partial charge in [-0.1, -0.05) is 24.3 Å². The number of alkyl halides is 2. The van der Waals surface area contributed by atoms with Crippen molar-refractivity contribution in [1.82, 2.24) is 0 Å². The van der Waals surface area contributed by atoms with E-state index in [4.69, 9.17) is 23.2 Å². The van der Waals surface area contributed by atoms with Crippen molar-refractivity contribution >= 4 is 29.0 Å². The second kappa shape index (κ2) is 2.75. The number of carbonyl (C=O) groups is 1. The fraction of sp³-hybridized carbons (Fsp3) is 0.222. The lowest BCUT2D eigenvalue weighted by molar-refractivity contribution is 0.0997. The molecule has 3 heteroatoms. The molecule has 0 unspecified atom stereocenters. The molecule has 0 fully saturated rings. The molecular formula is C9H6Cl2O. The van der Waals surface area contributed by atoms with Gasteiger partial charge < -0.3 is 0 Å². The molecule has 1 aromatic rings. The smallest absolute Gasteiger partial charge is 0.182 e. The molecule has 0 aliphatic heterocycles. The summed E-state index contributed by atoms with van der Waals surface area (Å²) in [6.07, 6.45) is 0. The normalized spacial score (nSPS) is 27.3. The van der Waals surface area contributed by atoms with Crippen LogP contribution in [0.5, 0.6) is 0 Å². The molecule has 0 amide bonds. The summed E-state index contributed by atoms with van der Waals surface area (Å²) in [6.45, 7) is 0. The van der Waals surface area contributed by atoms with Gasteiger partial charge in [-0.15, -0.1) is 23.2 Å². The highest BCUT2D eigenvalue weighted by Crippen LogP contribution is 2.38. The van der Waals surface area contributed by atoms with Crippen molar-refractivity contribution in [3.05, 3.63) is 35.4 Å². The largest absolute Gasteiger partial charge is 0.292 e. The average molecular weight is 201 g/mol. The highest BCUT2D eigenvalue weighted by atomic mass is 35.5. The Labute approximate surface area is 80.3 Å². The molecule has 1 nitrogen and oxygen atoms in total. The van der Waals surface area contributed by atoms with Gasteiger partial charge in [0, 0.05) is 5.56 Å². The van der Waals surface area contributed by atoms with Gasteiger partial charge in [-0.05, 0) is 5.56 Å². The minimum Gasteiger partial charge on any atom is -0.292 e. The first-order chi connectivity index (χ1) is 5.72. The molecule has 0 aromatic heterocycles. The SMILES string of the molecule is O=C1c2ccccc2[C@@H](Cl)[C@H]1Cl. The van der Waals surface area contributed by atoms with Gasteiger partial charge in [0.25, 0.3) is 0 Å². The average Bonchev–Trinajstić information content (AvgIpc) is 2.33. The van der Waals surface area contributed by atoms with Crippen molar-refractivity contribution in [2.24, 2.45) is 0 Å². The summed E-state index contributed by atoms with van der Waals surface area (Å²) in [5.74, 6) is -0.0627. The first-order valence-corrected chi connectivity index (χ1v) is 4.50. The van der Waals surface area contributed by atoms with Gasteiger partial charge in [0.15, 0.2) is 5.78 Å². The number of ketones is 1. The second-order valence-electron chi connectivity index (χ2n) is 2.76. The third-order valence-corrected chi connectivity index (χ3v) is 3.10. The Hall–Kier alpha value is -0.530. The summed E-state index contributed by atoms with van der Waals surface area (Å²) in [5.41, 5.74) is 1.52. The molecule has 1 aromatic carbocycles. The monoisotopic (exact) mass is 200 g/mol. The van der Waals surface area contributed by atoms with E-state index >= 15 is 0 Å². The van der Waals surface area contributed by atoms with E-state index in [0.29, 0.717) is 5.56 Å². The van der Waals surface area contributed by atoms with E-state index in [2.05, 4.69) is 0 Å². The number of Topliss-reactive ketones (excluding diaryl/α,β-unsaturated/α-hetero) is 1. The molecule has 62 valence electrons. The van der Waals surface area contributed by atoms with E-state index in [9.17, 15) is 4.79 Å². The van der Waals surface area contributed by atoms with Gasteiger partial charge >= 0.3 is 0 Å². The van der Waals surface area contributed by atoms with Crippen LogP contribution in [0.2, 0.25) is 0 Å². The van der Waals surface area contributed by atoms with E-state index in [1.165, 1.54) is 0 Å². The van der Waals surface area contributed by atoms with Crippen LogP contribution in [0.1, 0.15) is 21.3 Å². The Balaban J connectivity index is 2.59. The highest BCUT2D eigenvalue weighted by molar-refractivity contribution is 6.42. The maximum Gasteiger partial charge on any atom is 0.182 e. The van der Waals surface area contributed by atoms with E-state index in [0.717, 1.165) is 5.56 Å². The van der Waals surface area contributed by atoms with Gasteiger partial charge in [0.1, 0.15) is 5.38 Å². The second-order valence-corrected chi connectivity index (χ2v) is 3.70. The first kappa shape index (κ1) is 8.09. The third-order valence-electron chi connectivity index (χ3n) is 2.03. The van der Waals surface area contributed by atoms with Crippen molar-refractivity contribution in [3.63, 3.8) is 0 Å². The lowest BCUT2D eigenvalue weighted by Gasteiger charge is -2.02. The number of carbonyl (C=O) groups excluding carboxylic acids is 1. The first-order valence-electron chi connectivity index (χ1n) is 3.63. The lowest BCUT2D eigenvalue weighted by atomic mass is 10.1. The predicted molar refractivity (Wildman–Crippen MR) is 49.0 cm³/mol. The summed E-state index contributed by atoms with van der Waals surface area (Å²) in [4.78, 5) is 11.4. The number of hydrogen-bond acceptors (Lipinski definition) is 1. The van der Waals surface area contributed by atoms with Crippen LogP contribution in [0.15, 0.2) is 24.3 Å². The number of benzene rings is 1. The minimum absolute atomic E-state index is 0.0627. The van der Waals surface area contributed by atoms with Crippen molar-refractivity contribution in [1.29, 1.82) is 0 Å². The Morgan fingerprint density at radius 1 is 1.08 bits per heavy atom. The highest BCUT2D eigenvalue weighted by Gasteiger charge is 2.36. The van der Waals surface area contributed by atoms with E-state index < -0.39 is 5.38 Å². The topological polar surface area (TPSA) is 17.1 Å². The predicted octanol–water partition coefficient (Wildman–Crippen LogP) is 2.77. The summed E-state index contributed by atoms with van der Waals surface area (Å²) in [5, 5.41) is -0.959. The molecule has 1 aliphatic rings. The van der Waals surface area contributed by atoms with Crippen LogP contribution < -0.4 is 0 Å². The third kappa shape index (κ3) is 0.970. The molecule has 1 aliphatic carbocycles. The minimum atomic E-state index is -0.593. The molecule has 2 atom stereocenters. The maximum atomic E-state index is 11.4. The van der Waals surface area contributed by atoms with Gasteiger partial charge in [-0.2, -0.15) is 0 Å². The van der Waals surface area contributed by atoms with Crippen LogP contribution in [0.4, 0.5) is 0 Å². The van der Waals surface area contributed by atoms with Crippen LogP contribution in [-0.2, 0) is 0 Å². The Morgan fingerprint density at radius 3 is 2.42 bits per heavy atom. The molecule has 0 bridgehead atoms. The van der Waals surface area contributed by atoms with Gasteiger partial charge in [-0.3, -0.25) is 4.79 Å². The number of hydrogen-bond donors (Lipinski definition) is 0. The van der Waals surface area contributed by atoms with Crippen LogP contribution in [0.3, 0.4) is 0 Å². The van der Waals surface area contributed by atoms with Crippen LogP contribution in [-0.4, -0.2) is 11.2 Å². The van der Waals surface area contributed by atoms with Crippen LogP contribution in [0.25, 0.3) is 0 Å². The van der Waals surface area contributed by atoms with Gasteiger partial charge in [0.2, 0.25) is 0 Å². The molecule has 0 radical (unpaired) electrons. The summed E-state index contributed by atoms with van der Waals surface area (Å²) in [6, 6.07) is 7.27. The molecule has 0 saturated carbocycles. The zero-order chi connectivity index (χ0) is 8.72. The van der Waals surface area contributed by atoms with E-state index in [-0.39, 0.29) is 11.2 Å². The van der Waals surface area contributed by atoms with Crippen LogP contribution in [0, 0.1) is 0 Å².